The lowest BCUT2D eigenvalue weighted by molar-refractivity contribution is -0.121. The predicted molar refractivity (Wildman–Crippen MR) is 65.1 cm³/mol. The summed E-state index contributed by atoms with van der Waals surface area (Å²) in [6, 6.07) is 0. The molecule has 0 radical (unpaired) electrons. The molecular weight excluding hydrogens is 216 g/mol. The summed E-state index contributed by atoms with van der Waals surface area (Å²) in [5, 5.41) is 0. The Hall–Kier alpha value is -1.36. The maximum Gasteiger partial charge on any atom is 0.233 e. The van der Waals surface area contributed by atoms with Crippen LogP contribution in [0, 0.1) is 0 Å². The van der Waals surface area contributed by atoms with Gasteiger partial charge in [-0.3, -0.25) is 10.2 Å². The molecule has 0 bridgehead atoms. The second-order valence-electron chi connectivity index (χ2n) is 4.56. The Kier molecular flexibility index (Phi) is 4.14. The molecule has 1 aromatic heterocycles. The van der Waals surface area contributed by atoms with Crippen LogP contribution in [-0.2, 0) is 24.2 Å². The molecule has 5 nitrogen and oxygen atoms in total. The third-order valence-corrected chi connectivity index (χ3v) is 3.32. The van der Waals surface area contributed by atoms with E-state index in [9.17, 15) is 4.79 Å². The summed E-state index contributed by atoms with van der Waals surface area (Å²) >= 11 is 0. The van der Waals surface area contributed by atoms with Crippen LogP contribution in [0.5, 0.6) is 0 Å². The van der Waals surface area contributed by atoms with E-state index in [1.165, 1.54) is 24.2 Å². The average Bonchev–Trinajstić information content (AvgIpc) is 2.78. The first-order valence-corrected chi connectivity index (χ1v) is 6.33. The predicted octanol–water partition coefficient (Wildman–Crippen LogP) is 0.922. The van der Waals surface area contributed by atoms with Crippen LogP contribution < -0.4 is 11.3 Å². The van der Waals surface area contributed by atoms with E-state index in [-0.39, 0.29) is 5.91 Å². The quantitative estimate of drug-likeness (QED) is 0.345. The van der Waals surface area contributed by atoms with Crippen LogP contribution in [0.4, 0.5) is 0 Å². The van der Waals surface area contributed by atoms with Gasteiger partial charge in [-0.05, 0) is 38.5 Å². The Balaban J connectivity index is 1.79. The minimum Gasteiger partial charge on any atom is -0.334 e. The molecule has 0 atom stereocenters. The van der Waals surface area contributed by atoms with Gasteiger partial charge in [0.1, 0.15) is 0 Å². The molecule has 0 spiro atoms. The third-order valence-electron chi connectivity index (χ3n) is 3.32. The number of imidazole rings is 1. The fourth-order valence-corrected chi connectivity index (χ4v) is 2.36. The topological polar surface area (TPSA) is 72.9 Å². The van der Waals surface area contributed by atoms with E-state index in [0.717, 1.165) is 32.2 Å². The van der Waals surface area contributed by atoms with Crippen molar-refractivity contribution in [3.8, 4) is 0 Å². The smallest absolute Gasteiger partial charge is 0.233 e. The highest BCUT2D eigenvalue weighted by atomic mass is 16.2. The van der Waals surface area contributed by atoms with Gasteiger partial charge in [-0.1, -0.05) is 0 Å². The third kappa shape index (κ3) is 3.06. The van der Waals surface area contributed by atoms with Gasteiger partial charge in [0.15, 0.2) is 0 Å². The van der Waals surface area contributed by atoms with Gasteiger partial charge in [0.2, 0.25) is 5.91 Å². The average molecular weight is 236 g/mol. The summed E-state index contributed by atoms with van der Waals surface area (Å²) in [5.41, 5.74) is 4.83. The number of amides is 1. The van der Waals surface area contributed by atoms with Crippen LogP contribution >= 0.6 is 0 Å². The van der Waals surface area contributed by atoms with E-state index in [1.54, 1.807) is 0 Å². The number of hydrogen-bond donors (Lipinski definition) is 2. The van der Waals surface area contributed by atoms with E-state index in [1.807, 2.05) is 6.33 Å². The number of nitrogens with two attached hydrogens (primary N) is 1. The van der Waals surface area contributed by atoms with Gasteiger partial charge >= 0.3 is 0 Å². The molecule has 5 heteroatoms. The van der Waals surface area contributed by atoms with Crippen molar-refractivity contribution in [3.05, 3.63) is 17.7 Å². The second-order valence-corrected chi connectivity index (χ2v) is 4.56. The van der Waals surface area contributed by atoms with E-state index in [4.69, 9.17) is 5.84 Å². The molecule has 0 saturated carbocycles. The van der Waals surface area contributed by atoms with Crippen LogP contribution in [0.2, 0.25) is 0 Å². The Morgan fingerprint density at radius 1 is 1.41 bits per heavy atom. The van der Waals surface area contributed by atoms with Crippen molar-refractivity contribution in [3.63, 3.8) is 0 Å². The van der Waals surface area contributed by atoms with Crippen LogP contribution in [0.15, 0.2) is 6.33 Å². The van der Waals surface area contributed by atoms with Crippen molar-refractivity contribution in [1.29, 1.82) is 0 Å². The second kappa shape index (κ2) is 5.82. The molecular formula is C12H20N4O. The van der Waals surface area contributed by atoms with Gasteiger partial charge in [0, 0.05) is 18.7 Å². The SMILES string of the molecule is NNC(=O)CCCCn1cnc2c1CCCC2. The summed E-state index contributed by atoms with van der Waals surface area (Å²) in [6.45, 7) is 0.959. The van der Waals surface area contributed by atoms with Crippen molar-refractivity contribution >= 4 is 5.91 Å². The number of rotatable bonds is 5. The highest BCUT2D eigenvalue weighted by Gasteiger charge is 2.14. The summed E-state index contributed by atoms with van der Waals surface area (Å²) in [6.07, 6.45) is 9.13. The maximum atomic E-state index is 11.0. The molecule has 0 saturated heterocycles. The lowest BCUT2D eigenvalue weighted by Crippen LogP contribution is -2.29. The normalized spacial score (nSPS) is 14.4. The molecule has 2 rings (SSSR count). The minimum atomic E-state index is -0.0855. The molecule has 1 heterocycles. The van der Waals surface area contributed by atoms with Crippen molar-refractivity contribution in [2.24, 2.45) is 5.84 Å². The highest BCUT2D eigenvalue weighted by Crippen LogP contribution is 2.20. The van der Waals surface area contributed by atoms with Crippen LogP contribution in [0.3, 0.4) is 0 Å². The van der Waals surface area contributed by atoms with E-state index < -0.39 is 0 Å². The van der Waals surface area contributed by atoms with Gasteiger partial charge in [-0.25, -0.2) is 10.8 Å². The largest absolute Gasteiger partial charge is 0.334 e. The number of fused-ring (bicyclic) bond motifs is 1. The van der Waals surface area contributed by atoms with Gasteiger partial charge in [0.05, 0.1) is 12.0 Å². The molecule has 0 aromatic carbocycles. The Morgan fingerprint density at radius 2 is 2.24 bits per heavy atom. The molecule has 1 amide bonds. The Bertz CT molecular complexity index is 386. The lowest BCUT2D eigenvalue weighted by Gasteiger charge is -2.13. The minimum absolute atomic E-state index is 0.0855. The van der Waals surface area contributed by atoms with Crippen molar-refractivity contribution in [2.75, 3.05) is 0 Å². The first kappa shape index (κ1) is 12.1. The first-order valence-electron chi connectivity index (χ1n) is 6.33. The van der Waals surface area contributed by atoms with Crippen LogP contribution in [-0.4, -0.2) is 15.5 Å². The van der Waals surface area contributed by atoms with Crippen LogP contribution in [0.25, 0.3) is 0 Å². The summed E-state index contributed by atoms with van der Waals surface area (Å²) in [4.78, 5) is 15.4. The van der Waals surface area contributed by atoms with Crippen LogP contribution in [0.1, 0.15) is 43.5 Å². The fourth-order valence-electron chi connectivity index (χ4n) is 2.36. The molecule has 0 fully saturated rings. The number of aromatic nitrogens is 2. The Morgan fingerprint density at radius 3 is 3.06 bits per heavy atom. The monoisotopic (exact) mass is 236 g/mol. The Labute approximate surface area is 101 Å². The van der Waals surface area contributed by atoms with Crippen molar-refractivity contribution in [2.45, 2.75) is 51.5 Å². The number of nitrogens with one attached hydrogen (secondary N) is 1. The van der Waals surface area contributed by atoms with Gasteiger partial charge in [-0.2, -0.15) is 0 Å². The fraction of sp³-hybridized carbons (Fsp3) is 0.667. The molecule has 1 aliphatic carbocycles. The highest BCUT2D eigenvalue weighted by molar-refractivity contribution is 5.74. The number of hydrazine groups is 1. The number of nitrogens with zero attached hydrogens (tertiary/aromatic N) is 2. The van der Waals surface area contributed by atoms with Gasteiger partial charge in [0.25, 0.3) is 0 Å². The summed E-state index contributed by atoms with van der Waals surface area (Å²) in [5.74, 6) is 4.94. The lowest BCUT2D eigenvalue weighted by atomic mass is 10.0. The molecule has 0 unspecified atom stereocenters. The van der Waals surface area contributed by atoms with E-state index >= 15 is 0 Å². The molecule has 0 aliphatic heterocycles. The zero-order valence-corrected chi connectivity index (χ0v) is 10.1. The maximum absolute atomic E-state index is 11.0. The molecule has 1 aliphatic rings. The molecule has 17 heavy (non-hydrogen) atoms. The molecule has 94 valence electrons. The van der Waals surface area contributed by atoms with E-state index in [2.05, 4.69) is 15.0 Å². The van der Waals surface area contributed by atoms with E-state index in [0.29, 0.717) is 6.42 Å². The standard InChI is InChI=1S/C12H20N4O/c13-15-12(17)7-3-4-8-16-9-14-10-5-1-2-6-11(10)16/h9H,1-8,13H2,(H,15,17). The zero-order valence-electron chi connectivity index (χ0n) is 10.1. The summed E-state index contributed by atoms with van der Waals surface area (Å²) in [7, 11) is 0. The zero-order chi connectivity index (χ0) is 12.1. The number of aryl methyl sites for hydroxylation is 2. The van der Waals surface area contributed by atoms with Crippen molar-refractivity contribution < 1.29 is 4.79 Å². The summed E-state index contributed by atoms with van der Waals surface area (Å²) < 4.78 is 2.24. The number of carbonyl (C=O) groups excluding carboxylic acids is 1. The number of hydrogen-bond acceptors (Lipinski definition) is 3. The number of carbonyl (C=O) groups is 1. The number of unbranched alkanes of at least 4 members (excludes halogenated alkanes) is 1. The van der Waals surface area contributed by atoms with Gasteiger partial charge < -0.3 is 4.57 Å². The first-order chi connectivity index (χ1) is 8.31. The van der Waals surface area contributed by atoms with Gasteiger partial charge in [-0.15, -0.1) is 0 Å². The molecule has 3 N–H and O–H groups in total. The molecule has 1 aromatic rings. The van der Waals surface area contributed by atoms with Crippen molar-refractivity contribution in [1.82, 2.24) is 15.0 Å².